The zero-order chi connectivity index (χ0) is 10.6. The molecule has 0 aliphatic rings. The number of rotatable bonds is 5. The average Bonchev–Trinajstić information content (AvgIpc) is 1.99. The van der Waals surface area contributed by atoms with Crippen LogP contribution >= 0.6 is 23.3 Å². The van der Waals surface area contributed by atoms with E-state index in [-0.39, 0.29) is 11.5 Å². The molecule has 7 heteroatoms. The monoisotopic (exact) mass is 273 g/mol. The first kappa shape index (κ1) is 13.1. The molecule has 5 nitrogen and oxygen atoms in total. The van der Waals surface area contributed by atoms with Gasteiger partial charge in [0.25, 0.3) is 0 Å². The van der Waals surface area contributed by atoms with E-state index in [0.717, 1.165) is 0 Å². The Morgan fingerprint density at radius 3 is 2.38 bits per heavy atom. The van der Waals surface area contributed by atoms with Crippen molar-refractivity contribution in [3.63, 3.8) is 0 Å². The molecule has 0 saturated carbocycles. The fourth-order valence-electron chi connectivity index (χ4n) is 0.675. The van der Waals surface area contributed by atoms with Gasteiger partial charge in [-0.05, 0) is 6.92 Å². The minimum Gasteiger partial charge on any atom is -0.481 e. The molecule has 0 radical (unpaired) electrons. The van der Waals surface area contributed by atoms with E-state index < -0.39 is 25.0 Å². The first-order chi connectivity index (χ1) is 5.81. The fraction of sp³-hybridized carbons (Fsp3) is 0.833. The van der Waals surface area contributed by atoms with Crippen molar-refractivity contribution in [3.8, 4) is 0 Å². The summed E-state index contributed by atoms with van der Waals surface area (Å²) in [5.41, 5.74) is 5.25. The van der Waals surface area contributed by atoms with Crippen LogP contribution in [0.1, 0.15) is 6.92 Å². The van der Waals surface area contributed by atoms with Gasteiger partial charge in [-0.1, -0.05) is 15.9 Å². The maximum absolute atomic E-state index is 11.3. The Kier molecular flexibility index (Phi) is 5.14. The largest absolute Gasteiger partial charge is 0.481 e. The van der Waals surface area contributed by atoms with Gasteiger partial charge in [-0.15, -0.1) is 0 Å². The second-order valence-electron chi connectivity index (χ2n) is 2.87. The Morgan fingerprint density at radius 1 is 1.69 bits per heavy atom. The molecule has 0 saturated heterocycles. The third-order valence-corrected chi connectivity index (χ3v) is 4.67. The predicted octanol–water partition coefficient (Wildman–Crippen LogP) is 0.657. The molecule has 0 fully saturated rings. The zero-order valence-corrected chi connectivity index (χ0v) is 9.66. The minimum absolute atomic E-state index is 0.152. The quantitative estimate of drug-likeness (QED) is 0.505. The summed E-state index contributed by atoms with van der Waals surface area (Å²) in [6.07, 6.45) is -0.286. The summed E-state index contributed by atoms with van der Waals surface area (Å²) in [6, 6.07) is 0. The van der Waals surface area contributed by atoms with Crippen LogP contribution in [0.3, 0.4) is 0 Å². The van der Waals surface area contributed by atoms with Crippen molar-refractivity contribution >= 4 is 29.3 Å². The van der Waals surface area contributed by atoms with Gasteiger partial charge < -0.3 is 15.7 Å². The van der Waals surface area contributed by atoms with Crippen molar-refractivity contribution in [2.45, 2.75) is 12.7 Å². The van der Waals surface area contributed by atoms with E-state index in [0.29, 0.717) is 0 Å². The van der Waals surface area contributed by atoms with Crippen LogP contribution in [0.5, 0.6) is 0 Å². The van der Waals surface area contributed by atoms with E-state index in [1.807, 2.05) is 0 Å². The lowest BCUT2D eigenvalue weighted by molar-refractivity contribution is -0.140. The van der Waals surface area contributed by atoms with Crippen LogP contribution in [0.2, 0.25) is 0 Å². The van der Waals surface area contributed by atoms with Gasteiger partial charge in [0, 0.05) is 11.5 Å². The predicted molar refractivity (Wildman–Crippen MR) is 53.3 cm³/mol. The molecular weight excluding hydrogens is 261 g/mol. The first-order valence-electron chi connectivity index (χ1n) is 3.67. The Hall–Kier alpha value is 0.100. The third-order valence-electron chi connectivity index (χ3n) is 1.65. The molecule has 0 spiro atoms. The van der Waals surface area contributed by atoms with E-state index in [4.69, 9.17) is 10.8 Å². The summed E-state index contributed by atoms with van der Waals surface area (Å²) in [5, 5.41) is 8.77. The molecule has 0 aromatic carbocycles. The van der Waals surface area contributed by atoms with Crippen molar-refractivity contribution in [2.24, 2.45) is 11.7 Å². The average molecular weight is 274 g/mol. The van der Waals surface area contributed by atoms with Crippen LogP contribution in [0.25, 0.3) is 0 Å². The molecule has 0 aliphatic heterocycles. The van der Waals surface area contributed by atoms with Crippen molar-refractivity contribution < 1.29 is 19.4 Å². The molecule has 0 rings (SSSR count). The van der Waals surface area contributed by atoms with E-state index in [1.54, 1.807) is 0 Å². The molecule has 78 valence electrons. The number of carbonyl (C=O) groups is 1. The summed E-state index contributed by atoms with van der Waals surface area (Å²) in [7, 11) is -3.52. The van der Waals surface area contributed by atoms with Gasteiger partial charge in [0.15, 0.2) is 0 Å². The maximum atomic E-state index is 11.3. The molecule has 3 atom stereocenters. The maximum Gasteiger partial charge on any atom is 0.307 e. The van der Waals surface area contributed by atoms with Gasteiger partial charge in [0.1, 0.15) is 0 Å². The smallest absolute Gasteiger partial charge is 0.307 e. The van der Waals surface area contributed by atoms with Gasteiger partial charge in [-0.2, -0.15) is 0 Å². The zero-order valence-electron chi connectivity index (χ0n) is 7.18. The second-order valence-corrected chi connectivity index (χ2v) is 6.21. The molecule has 3 unspecified atom stereocenters. The Labute approximate surface area is 84.9 Å². The topological polar surface area (TPSA) is 101 Å². The van der Waals surface area contributed by atoms with Gasteiger partial charge in [-0.3, -0.25) is 9.36 Å². The number of nitrogens with two attached hydrogens (primary N) is 1. The van der Waals surface area contributed by atoms with E-state index in [1.165, 1.54) is 6.92 Å². The normalized spacial score (nSPS) is 20.3. The Bertz CT molecular complexity index is 233. The van der Waals surface area contributed by atoms with Crippen LogP contribution in [0.15, 0.2) is 0 Å². The van der Waals surface area contributed by atoms with Gasteiger partial charge in [-0.25, -0.2) is 0 Å². The van der Waals surface area contributed by atoms with E-state index >= 15 is 0 Å². The molecule has 0 heterocycles. The molecule has 0 bridgehead atoms. The summed E-state index contributed by atoms with van der Waals surface area (Å²) in [5.74, 6) is -2.83. The number of halogens is 1. The number of alkyl halides is 1. The minimum atomic E-state index is -3.52. The molecule has 4 N–H and O–H groups in total. The third kappa shape index (κ3) is 4.22. The van der Waals surface area contributed by atoms with Crippen LogP contribution < -0.4 is 5.73 Å². The highest BCUT2D eigenvalue weighted by molar-refractivity contribution is 9.09. The van der Waals surface area contributed by atoms with Gasteiger partial charge in [0.05, 0.1) is 11.7 Å². The summed E-state index contributed by atoms with van der Waals surface area (Å²) >= 11 is 2.96. The van der Waals surface area contributed by atoms with Crippen LogP contribution in [-0.2, 0) is 9.36 Å². The van der Waals surface area contributed by atoms with Crippen molar-refractivity contribution in [2.75, 3.05) is 11.5 Å². The van der Waals surface area contributed by atoms with E-state index in [2.05, 4.69) is 15.9 Å². The molecule has 13 heavy (non-hydrogen) atoms. The lowest BCUT2D eigenvalue weighted by Gasteiger charge is -2.18. The Balaban J connectivity index is 4.40. The first-order valence-corrected chi connectivity index (χ1v) is 6.70. The van der Waals surface area contributed by atoms with E-state index in [9.17, 15) is 14.3 Å². The molecule has 0 aromatic rings. The lowest BCUT2D eigenvalue weighted by atomic mass is 10.2. The summed E-state index contributed by atoms with van der Waals surface area (Å²) < 4.78 is 11.3. The lowest BCUT2D eigenvalue weighted by Crippen LogP contribution is -2.25. The number of carboxylic acid groups (broad SMARTS) is 1. The second kappa shape index (κ2) is 5.10. The molecule has 0 aliphatic carbocycles. The van der Waals surface area contributed by atoms with Crippen LogP contribution in [0.4, 0.5) is 0 Å². The number of aliphatic carboxylic acids is 1. The highest BCUT2D eigenvalue weighted by Gasteiger charge is 2.31. The Morgan fingerprint density at radius 2 is 2.15 bits per heavy atom. The van der Waals surface area contributed by atoms with Crippen molar-refractivity contribution in [1.82, 2.24) is 0 Å². The van der Waals surface area contributed by atoms with Crippen LogP contribution in [-0.4, -0.2) is 33.2 Å². The molecule has 0 amide bonds. The van der Waals surface area contributed by atoms with Gasteiger partial charge >= 0.3 is 5.97 Å². The highest BCUT2D eigenvalue weighted by Crippen LogP contribution is 2.45. The molecule has 0 aromatic heterocycles. The molecular formula is C6H13BrNO4P. The van der Waals surface area contributed by atoms with Crippen molar-refractivity contribution in [3.05, 3.63) is 0 Å². The standard InChI is InChI=1S/C6H13BrNO4P/c1-4(8)13(11,12)3-5(2-7)6(9)10/h4-5H,2-3,8H2,1H3,(H,9,10)(H,11,12). The van der Waals surface area contributed by atoms with Gasteiger partial charge in [0.2, 0.25) is 7.37 Å². The van der Waals surface area contributed by atoms with Crippen LogP contribution in [0, 0.1) is 5.92 Å². The SMILES string of the molecule is CC(N)P(=O)(O)CC(CBr)C(=O)O. The summed E-state index contributed by atoms with van der Waals surface area (Å²) in [6.45, 7) is 1.40. The fourth-order valence-corrected chi connectivity index (χ4v) is 2.78. The highest BCUT2D eigenvalue weighted by atomic mass is 79.9. The number of carboxylic acids is 1. The summed E-state index contributed by atoms with van der Waals surface area (Å²) in [4.78, 5) is 19.8. The number of hydrogen-bond donors (Lipinski definition) is 3. The van der Waals surface area contributed by atoms with Crippen molar-refractivity contribution in [1.29, 1.82) is 0 Å². The number of hydrogen-bond acceptors (Lipinski definition) is 3.